The highest BCUT2D eigenvalue weighted by Crippen LogP contribution is 2.30. The highest BCUT2D eigenvalue weighted by molar-refractivity contribution is 9.10. The summed E-state index contributed by atoms with van der Waals surface area (Å²) < 4.78 is 31.1. The second-order valence-corrected chi connectivity index (χ2v) is 8.74. The first-order chi connectivity index (χ1) is 11.1. The third kappa shape index (κ3) is 4.10. The van der Waals surface area contributed by atoms with Crippen LogP contribution in [0.1, 0.15) is 10.4 Å². The van der Waals surface area contributed by atoms with Crippen molar-refractivity contribution >= 4 is 55.1 Å². The third-order valence-electron chi connectivity index (χ3n) is 3.03. The Balaban J connectivity index is 2.39. The van der Waals surface area contributed by atoms with E-state index in [0.29, 0.717) is 9.50 Å². The van der Waals surface area contributed by atoms with Gasteiger partial charge in [-0.25, -0.2) is 17.5 Å². The van der Waals surface area contributed by atoms with Gasteiger partial charge in [-0.15, -0.1) is 0 Å². The maximum atomic E-state index is 12.4. The fourth-order valence-corrected chi connectivity index (χ4v) is 3.63. The summed E-state index contributed by atoms with van der Waals surface area (Å²) in [6, 6.07) is 8.49. The Morgan fingerprint density at radius 1 is 1.12 bits per heavy atom. The molecule has 9 heteroatoms. The van der Waals surface area contributed by atoms with Gasteiger partial charge in [-0.05, 0) is 52.3 Å². The summed E-state index contributed by atoms with van der Waals surface area (Å²) in [5, 5.41) is 0.557. The van der Waals surface area contributed by atoms with E-state index < -0.39 is 16.0 Å². The molecule has 0 fully saturated rings. The van der Waals surface area contributed by atoms with Gasteiger partial charge in [0.2, 0.25) is 10.0 Å². The summed E-state index contributed by atoms with van der Waals surface area (Å²) >= 11 is 15.1. The Morgan fingerprint density at radius 2 is 1.79 bits per heavy atom. The van der Waals surface area contributed by atoms with Gasteiger partial charge in [0, 0.05) is 19.1 Å². The van der Waals surface area contributed by atoms with Crippen molar-refractivity contribution < 1.29 is 17.9 Å². The molecule has 24 heavy (non-hydrogen) atoms. The van der Waals surface area contributed by atoms with E-state index in [0.717, 1.165) is 4.31 Å². The zero-order valence-corrected chi connectivity index (χ0v) is 16.5. The zero-order chi connectivity index (χ0) is 18.1. The van der Waals surface area contributed by atoms with E-state index in [1.807, 2.05) is 0 Å². The molecule has 0 aromatic heterocycles. The van der Waals surface area contributed by atoms with Crippen LogP contribution >= 0.6 is 39.1 Å². The number of rotatable bonds is 4. The fraction of sp³-hybridized carbons (Fsp3) is 0.133. The predicted molar refractivity (Wildman–Crippen MR) is 96.4 cm³/mol. The molecular weight excluding hydrogens is 441 g/mol. The molecule has 2 rings (SSSR count). The average Bonchev–Trinajstić information content (AvgIpc) is 2.50. The minimum absolute atomic E-state index is 0.0542. The number of nitrogens with zero attached hydrogens (tertiary/aromatic N) is 1. The van der Waals surface area contributed by atoms with Crippen LogP contribution in [0.5, 0.6) is 5.75 Å². The van der Waals surface area contributed by atoms with Gasteiger partial charge in [0.05, 0.1) is 20.0 Å². The van der Waals surface area contributed by atoms with Crippen LogP contribution in [0.2, 0.25) is 10.0 Å². The van der Waals surface area contributed by atoms with Gasteiger partial charge in [0.1, 0.15) is 5.75 Å². The van der Waals surface area contributed by atoms with Crippen LogP contribution in [-0.2, 0) is 10.0 Å². The Kier molecular flexibility index (Phi) is 5.93. The standard InChI is InChI=1S/C15H12BrCl2NO4S/c1-19(2)24(21,22)10-4-5-13(18)11(8-10)15(20)23-14-6-3-9(17)7-12(14)16/h3-8H,1-2H3. The van der Waals surface area contributed by atoms with Gasteiger partial charge in [0.25, 0.3) is 0 Å². The molecule has 0 atom stereocenters. The van der Waals surface area contributed by atoms with E-state index in [-0.39, 0.29) is 21.2 Å². The van der Waals surface area contributed by atoms with Crippen LogP contribution in [0.15, 0.2) is 45.8 Å². The molecule has 0 spiro atoms. The Labute approximate surface area is 158 Å². The number of esters is 1. The first-order valence-electron chi connectivity index (χ1n) is 6.52. The largest absolute Gasteiger partial charge is 0.422 e. The summed E-state index contributed by atoms with van der Waals surface area (Å²) in [4.78, 5) is 12.3. The van der Waals surface area contributed by atoms with Crippen molar-refractivity contribution in [1.29, 1.82) is 0 Å². The summed E-state index contributed by atoms with van der Waals surface area (Å²) in [5.74, 6) is -0.542. The van der Waals surface area contributed by atoms with Crippen molar-refractivity contribution in [2.24, 2.45) is 0 Å². The van der Waals surface area contributed by atoms with Crippen molar-refractivity contribution in [1.82, 2.24) is 4.31 Å². The second-order valence-electron chi connectivity index (χ2n) is 4.89. The van der Waals surface area contributed by atoms with Gasteiger partial charge in [-0.2, -0.15) is 0 Å². The predicted octanol–water partition coefficient (Wildman–Crippen LogP) is 4.23. The third-order valence-corrected chi connectivity index (χ3v) is 6.03. The van der Waals surface area contributed by atoms with E-state index in [4.69, 9.17) is 27.9 Å². The van der Waals surface area contributed by atoms with Gasteiger partial charge in [0.15, 0.2) is 0 Å². The number of hydrogen-bond donors (Lipinski definition) is 0. The molecule has 2 aromatic carbocycles. The second kappa shape index (κ2) is 7.41. The molecule has 0 aliphatic rings. The molecule has 0 saturated carbocycles. The lowest BCUT2D eigenvalue weighted by molar-refractivity contribution is 0.0733. The zero-order valence-electron chi connectivity index (χ0n) is 12.6. The molecule has 0 bridgehead atoms. The maximum absolute atomic E-state index is 12.4. The number of hydrogen-bond acceptors (Lipinski definition) is 4. The molecule has 0 aliphatic heterocycles. The van der Waals surface area contributed by atoms with E-state index in [9.17, 15) is 13.2 Å². The van der Waals surface area contributed by atoms with Crippen LogP contribution in [0.3, 0.4) is 0 Å². The SMILES string of the molecule is CN(C)S(=O)(=O)c1ccc(Cl)c(C(=O)Oc2ccc(Cl)cc2Br)c1. The van der Waals surface area contributed by atoms with Crippen molar-refractivity contribution in [3.63, 3.8) is 0 Å². The van der Waals surface area contributed by atoms with Crippen molar-refractivity contribution in [3.8, 4) is 5.75 Å². The molecule has 0 amide bonds. The molecule has 0 saturated heterocycles. The molecule has 0 N–H and O–H groups in total. The summed E-state index contributed by atoms with van der Waals surface area (Å²) in [5.41, 5.74) is -0.0542. The molecule has 2 aromatic rings. The minimum Gasteiger partial charge on any atom is -0.422 e. The number of ether oxygens (including phenoxy) is 1. The van der Waals surface area contributed by atoms with E-state index in [1.54, 1.807) is 12.1 Å². The first kappa shape index (κ1) is 19.2. The van der Waals surface area contributed by atoms with Gasteiger partial charge in [-0.3, -0.25) is 0 Å². The average molecular weight is 453 g/mol. The monoisotopic (exact) mass is 451 g/mol. The van der Waals surface area contributed by atoms with Crippen LogP contribution in [0, 0.1) is 0 Å². The Bertz CT molecular complexity index is 900. The summed E-state index contributed by atoms with van der Waals surface area (Å²) in [7, 11) is -0.905. The normalized spacial score (nSPS) is 11.6. The molecule has 0 unspecified atom stereocenters. The number of carbonyl (C=O) groups excluding carboxylic acids is 1. The van der Waals surface area contributed by atoms with Crippen LogP contribution < -0.4 is 4.74 Å². The highest BCUT2D eigenvalue weighted by Gasteiger charge is 2.22. The maximum Gasteiger partial charge on any atom is 0.345 e. The van der Waals surface area contributed by atoms with Crippen LogP contribution in [0.4, 0.5) is 0 Å². The smallest absolute Gasteiger partial charge is 0.345 e. The Morgan fingerprint density at radius 3 is 2.38 bits per heavy atom. The van der Waals surface area contributed by atoms with Crippen LogP contribution in [0.25, 0.3) is 0 Å². The highest BCUT2D eigenvalue weighted by atomic mass is 79.9. The molecule has 0 radical (unpaired) electrons. The minimum atomic E-state index is -3.70. The van der Waals surface area contributed by atoms with Crippen LogP contribution in [-0.4, -0.2) is 32.8 Å². The van der Waals surface area contributed by atoms with Crippen molar-refractivity contribution in [2.45, 2.75) is 4.90 Å². The fourth-order valence-electron chi connectivity index (χ4n) is 1.74. The lowest BCUT2D eigenvalue weighted by Crippen LogP contribution is -2.22. The summed E-state index contributed by atoms with van der Waals surface area (Å²) in [6.45, 7) is 0. The van der Waals surface area contributed by atoms with Crippen molar-refractivity contribution in [2.75, 3.05) is 14.1 Å². The number of halogens is 3. The van der Waals surface area contributed by atoms with E-state index in [2.05, 4.69) is 15.9 Å². The van der Waals surface area contributed by atoms with E-state index >= 15 is 0 Å². The number of carbonyl (C=O) groups is 1. The lowest BCUT2D eigenvalue weighted by Gasteiger charge is -2.13. The van der Waals surface area contributed by atoms with Gasteiger partial charge in [-0.1, -0.05) is 23.2 Å². The lowest BCUT2D eigenvalue weighted by atomic mass is 10.2. The molecule has 0 aliphatic carbocycles. The molecular formula is C15H12BrCl2NO4S. The molecule has 128 valence electrons. The topological polar surface area (TPSA) is 63.7 Å². The van der Waals surface area contributed by atoms with Gasteiger partial charge < -0.3 is 4.74 Å². The number of sulfonamides is 1. The summed E-state index contributed by atoms with van der Waals surface area (Å²) in [6.07, 6.45) is 0. The quantitative estimate of drug-likeness (QED) is 0.514. The molecule has 5 nitrogen and oxygen atoms in total. The number of benzene rings is 2. The van der Waals surface area contributed by atoms with E-state index in [1.165, 1.54) is 38.4 Å². The molecule has 0 heterocycles. The first-order valence-corrected chi connectivity index (χ1v) is 9.51. The Hall–Kier alpha value is -1.12. The van der Waals surface area contributed by atoms with Crippen molar-refractivity contribution in [3.05, 3.63) is 56.5 Å². The van der Waals surface area contributed by atoms with Gasteiger partial charge >= 0.3 is 5.97 Å².